The average molecular weight is 198 g/mol. The molecule has 80 valence electrons. The molecule has 1 N–H and O–H groups in total. The second-order valence-electron chi connectivity index (χ2n) is 3.52. The van der Waals surface area contributed by atoms with Gasteiger partial charge in [-0.2, -0.15) is 0 Å². The van der Waals surface area contributed by atoms with E-state index in [0.29, 0.717) is 5.70 Å². The summed E-state index contributed by atoms with van der Waals surface area (Å²) >= 11 is 0. The van der Waals surface area contributed by atoms with Gasteiger partial charge in [0, 0.05) is 19.3 Å². The molecule has 0 radical (unpaired) electrons. The topological polar surface area (TPSA) is 43.8 Å². The molecule has 14 heavy (non-hydrogen) atoms. The molecule has 1 rings (SSSR count). The number of likely N-dealkylation sites (N-methyl/N-ethyl adjacent to an activating group) is 1. The first-order valence-corrected chi connectivity index (χ1v) is 4.98. The first kappa shape index (κ1) is 10.9. The van der Waals surface area contributed by atoms with Gasteiger partial charge in [-0.3, -0.25) is 0 Å². The molecule has 0 bridgehead atoms. The summed E-state index contributed by atoms with van der Waals surface area (Å²) in [4.78, 5) is 15.0. The standard InChI is InChI=1S/C10H18N2O2/c1-5-8-11(4)9(10(13)14)7(3)12(8)6-2/h8H,5-6H2,1-4H3,(H,13,14). The number of nitrogens with zero attached hydrogens (tertiary/aromatic N) is 2. The van der Waals surface area contributed by atoms with Crippen LogP contribution in [0.2, 0.25) is 0 Å². The van der Waals surface area contributed by atoms with E-state index < -0.39 is 5.97 Å². The summed E-state index contributed by atoms with van der Waals surface area (Å²) in [5.41, 5.74) is 1.30. The van der Waals surface area contributed by atoms with E-state index in [1.807, 2.05) is 25.8 Å². The third-order valence-electron chi connectivity index (χ3n) is 2.84. The molecule has 1 heterocycles. The third-order valence-corrected chi connectivity index (χ3v) is 2.84. The highest BCUT2D eigenvalue weighted by Gasteiger charge is 2.34. The Labute approximate surface area is 84.8 Å². The summed E-state index contributed by atoms with van der Waals surface area (Å²) in [5, 5.41) is 9.05. The van der Waals surface area contributed by atoms with Gasteiger partial charge in [0.05, 0.1) is 0 Å². The summed E-state index contributed by atoms with van der Waals surface area (Å²) in [6.07, 6.45) is 1.13. The predicted octanol–water partition coefficient (Wildman–Crippen LogP) is 1.31. The van der Waals surface area contributed by atoms with E-state index in [1.165, 1.54) is 0 Å². The molecule has 1 atom stereocenters. The molecule has 0 spiro atoms. The van der Waals surface area contributed by atoms with E-state index in [1.54, 1.807) is 0 Å². The number of carboxylic acids is 1. The zero-order valence-electron chi connectivity index (χ0n) is 9.24. The normalized spacial score (nSPS) is 22.1. The van der Waals surface area contributed by atoms with Crippen LogP contribution in [-0.4, -0.2) is 40.6 Å². The van der Waals surface area contributed by atoms with Crippen molar-refractivity contribution in [2.24, 2.45) is 0 Å². The van der Waals surface area contributed by atoms with Crippen LogP contribution in [0.15, 0.2) is 11.4 Å². The first-order chi connectivity index (χ1) is 6.54. The van der Waals surface area contributed by atoms with Gasteiger partial charge >= 0.3 is 5.97 Å². The molecular weight excluding hydrogens is 180 g/mol. The molecule has 1 unspecified atom stereocenters. The van der Waals surface area contributed by atoms with Crippen molar-refractivity contribution in [1.82, 2.24) is 9.80 Å². The van der Waals surface area contributed by atoms with E-state index in [4.69, 9.17) is 5.11 Å². The molecule has 0 aliphatic carbocycles. The van der Waals surface area contributed by atoms with Crippen LogP contribution >= 0.6 is 0 Å². The first-order valence-electron chi connectivity index (χ1n) is 4.98. The van der Waals surface area contributed by atoms with Crippen LogP contribution in [0.5, 0.6) is 0 Å². The van der Waals surface area contributed by atoms with Crippen LogP contribution < -0.4 is 0 Å². The largest absolute Gasteiger partial charge is 0.477 e. The molecule has 0 aromatic heterocycles. The van der Waals surface area contributed by atoms with Gasteiger partial charge in [0.25, 0.3) is 0 Å². The van der Waals surface area contributed by atoms with Crippen molar-refractivity contribution in [1.29, 1.82) is 0 Å². The van der Waals surface area contributed by atoms with Crippen molar-refractivity contribution >= 4 is 5.97 Å². The summed E-state index contributed by atoms with van der Waals surface area (Å²) in [5.74, 6) is -0.834. The van der Waals surface area contributed by atoms with Crippen LogP contribution in [-0.2, 0) is 4.79 Å². The maximum Gasteiger partial charge on any atom is 0.354 e. The molecule has 1 aliphatic heterocycles. The number of hydrogen-bond acceptors (Lipinski definition) is 3. The van der Waals surface area contributed by atoms with Crippen LogP contribution in [0.25, 0.3) is 0 Å². The second-order valence-corrected chi connectivity index (χ2v) is 3.52. The van der Waals surface area contributed by atoms with Crippen molar-refractivity contribution in [3.63, 3.8) is 0 Å². The van der Waals surface area contributed by atoms with Gasteiger partial charge in [-0.05, 0) is 20.3 Å². The summed E-state index contributed by atoms with van der Waals surface area (Å²) < 4.78 is 0. The smallest absolute Gasteiger partial charge is 0.354 e. The van der Waals surface area contributed by atoms with Crippen LogP contribution in [0.4, 0.5) is 0 Å². The molecule has 1 aliphatic rings. The van der Waals surface area contributed by atoms with Gasteiger partial charge in [0.2, 0.25) is 0 Å². The Kier molecular flexibility index (Phi) is 3.03. The highest BCUT2D eigenvalue weighted by molar-refractivity contribution is 5.87. The SMILES string of the molecule is CCC1N(C)C(C(=O)O)=C(C)N1CC. The summed E-state index contributed by atoms with van der Waals surface area (Å²) in [7, 11) is 1.84. The molecule has 4 nitrogen and oxygen atoms in total. The average Bonchev–Trinajstić information content (AvgIpc) is 2.36. The Morgan fingerprint density at radius 3 is 2.36 bits per heavy atom. The lowest BCUT2D eigenvalue weighted by molar-refractivity contribution is -0.134. The lowest BCUT2D eigenvalue weighted by Crippen LogP contribution is -2.38. The van der Waals surface area contributed by atoms with Crippen molar-refractivity contribution in [3.05, 3.63) is 11.4 Å². The van der Waals surface area contributed by atoms with Gasteiger partial charge in [0.1, 0.15) is 11.9 Å². The summed E-state index contributed by atoms with van der Waals surface area (Å²) in [6.45, 7) is 6.84. The van der Waals surface area contributed by atoms with Crippen LogP contribution in [0, 0.1) is 0 Å². The van der Waals surface area contributed by atoms with Crippen molar-refractivity contribution in [2.45, 2.75) is 33.4 Å². The molecule has 0 aromatic carbocycles. The number of carboxylic acid groups (broad SMARTS) is 1. The molecule has 0 amide bonds. The maximum absolute atomic E-state index is 11.0. The zero-order chi connectivity index (χ0) is 10.9. The molecule has 0 fully saturated rings. The Balaban J connectivity index is 3.04. The fraction of sp³-hybridized carbons (Fsp3) is 0.700. The van der Waals surface area contributed by atoms with E-state index in [9.17, 15) is 4.79 Å². The van der Waals surface area contributed by atoms with E-state index in [0.717, 1.165) is 18.7 Å². The summed E-state index contributed by atoms with van der Waals surface area (Å²) in [6, 6.07) is 0. The van der Waals surface area contributed by atoms with Crippen LogP contribution in [0.1, 0.15) is 27.2 Å². The minimum atomic E-state index is -0.834. The van der Waals surface area contributed by atoms with Crippen molar-refractivity contribution in [3.8, 4) is 0 Å². The molecule has 0 saturated carbocycles. The zero-order valence-corrected chi connectivity index (χ0v) is 9.24. The number of hydrogen-bond donors (Lipinski definition) is 1. The number of aliphatic carboxylic acids is 1. The minimum absolute atomic E-state index is 0.200. The molecular formula is C10H18N2O2. The predicted molar refractivity (Wildman–Crippen MR) is 54.6 cm³/mol. The highest BCUT2D eigenvalue weighted by atomic mass is 16.4. The van der Waals surface area contributed by atoms with Crippen LogP contribution in [0.3, 0.4) is 0 Å². The molecule has 0 saturated heterocycles. The van der Waals surface area contributed by atoms with Gasteiger partial charge in [-0.25, -0.2) is 4.79 Å². The quantitative estimate of drug-likeness (QED) is 0.742. The van der Waals surface area contributed by atoms with Gasteiger partial charge in [-0.15, -0.1) is 0 Å². The molecule has 4 heteroatoms. The van der Waals surface area contributed by atoms with E-state index in [2.05, 4.69) is 11.8 Å². The second kappa shape index (κ2) is 3.90. The van der Waals surface area contributed by atoms with Gasteiger partial charge in [0.15, 0.2) is 0 Å². The number of rotatable bonds is 3. The fourth-order valence-corrected chi connectivity index (χ4v) is 2.22. The van der Waals surface area contributed by atoms with Crippen molar-refractivity contribution < 1.29 is 9.90 Å². The van der Waals surface area contributed by atoms with Gasteiger partial charge < -0.3 is 14.9 Å². The Bertz CT molecular complexity index is 273. The third kappa shape index (κ3) is 1.45. The highest BCUT2D eigenvalue weighted by Crippen LogP contribution is 2.28. The lowest BCUT2D eigenvalue weighted by atomic mass is 10.3. The Morgan fingerprint density at radius 2 is 2.07 bits per heavy atom. The number of allylic oxidation sites excluding steroid dienone is 1. The fourth-order valence-electron chi connectivity index (χ4n) is 2.22. The monoisotopic (exact) mass is 198 g/mol. The van der Waals surface area contributed by atoms with E-state index >= 15 is 0 Å². The van der Waals surface area contributed by atoms with Crippen molar-refractivity contribution in [2.75, 3.05) is 13.6 Å². The Hall–Kier alpha value is -1.19. The minimum Gasteiger partial charge on any atom is -0.477 e. The Morgan fingerprint density at radius 1 is 1.50 bits per heavy atom. The van der Waals surface area contributed by atoms with E-state index in [-0.39, 0.29) is 6.17 Å². The maximum atomic E-state index is 11.0. The lowest BCUT2D eigenvalue weighted by Gasteiger charge is -2.30. The molecule has 0 aromatic rings. The number of carbonyl (C=O) groups is 1. The van der Waals surface area contributed by atoms with Gasteiger partial charge in [-0.1, -0.05) is 6.92 Å².